The maximum Gasteiger partial charge on any atom is 0.416 e. The van der Waals surface area contributed by atoms with Gasteiger partial charge in [0.25, 0.3) is 0 Å². The summed E-state index contributed by atoms with van der Waals surface area (Å²) in [7, 11) is 1.66. The molecule has 1 aliphatic rings. The van der Waals surface area contributed by atoms with Crippen molar-refractivity contribution in [3.05, 3.63) is 65.2 Å². The van der Waals surface area contributed by atoms with Gasteiger partial charge in [-0.05, 0) is 17.7 Å². The summed E-state index contributed by atoms with van der Waals surface area (Å²) in [6.45, 7) is 4.27. The Morgan fingerprint density at radius 1 is 0.844 bits per heavy atom. The second-order valence-corrected chi connectivity index (χ2v) is 7.13. The van der Waals surface area contributed by atoms with Crippen LogP contribution in [0.15, 0.2) is 48.5 Å². The van der Waals surface area contributed by atoms with E-state index in [1.807, 2.05) is 24.3 Å². The highest BCUT2D eigenvalue weighted by atomic mass is 19.4. The van der Waals surface area contributed by atoms with E-state index in [9.17, 15) is 13.2 Å². The molecule has 1 heterocycles. The number of benzene rings is 2. The number of para-hydroxylation sites is 1. The molecule has 0 spiro atoms. The fourth-order valence-corrected chi connectivity index (χ4v) is 3.36. The number of hydrogen-bond donors (Lipinski definition) is 2. The molecule has 0 aliphatic carbocycles. The largest absolute Gasteiger partial charge is 0.496 e. The van der Waals surface area contributed by atoms with Crippen LogP contribution in [0.3, 0.4) is 0 Å². The molecule has 0 bridgehead atoms. The zero-order valence-electron chi connectivity index (χ0n) is 17.5. The van der Waals surface area contributed by atoms with E-state index in [0.717, 1.165) is 50.1 Å². The third-order valence-corrected chi connectivity index (χ3v) is 4.95. The molecule has 0 atom stereocenters. The number of nitrogens with zero attached hydrogens (tertiary/aromatic N) is 2. The Morgan fingerprint density at radius 3 is 1.75 bits per heavy atom. The maximum atomic E-state index is 13.1. The molecule has 174 valence electrons. The second kappa shape index (κ2) is 11.5. The van der Waals surface area contributed by atoms with E-state index in [1.165, 1.54) is 6.07 Å². The first-order valence-corrected chi connectivity index (χ1v) is 9.79. The van der Waals surface area contributed by atoms with Crippen LogP contribution >= 0.6 is 0 Å². The smallest absolute Gasteiger partial charge is 0.416 e. The van der Waals surface area contributed by atoms with Gasteiger partial charge in [0.2, 0.25) is 0 Å². The van der Waals surface area contributed by atoms with Crippen LogP contribution in [0.5, 0.6) is 5.75 Å². The van der Waals surface area contributed by atoms with Crippen LogP contribution in [-0.4, -0.2) is 65.2 Å². The molecule has 32 heavy (non-hydrogen) atoms. The van der Waals surface area contributed by atoms with Crippen LogP contribution in [0, 0.1) is 0 Å². The van der Waals surface area contributed by atoms with Gasteiger partial charge in [-0.1, -0.05) is 36.4 Å². The molecular formula is C22H25F3N2O5. The Balaban J connectivity index is 0.000000534. The topological polar surface area (TPSA) is 90.3 Å². The standard InChI is InChI=1S/C20H23F3N2O.C2H2O4/c1-26-19-9-5-3-7-17(19)15-25-12-10-24(11-13-25)14-16-6-2-4-8-18(16)20(21,22)23;3-1(4)2(5)6/h2-9H,10-15H2,1H3;(H,3,4)(H,5,6). The number of ether oxygens (including phenoxy) is 1. The number of halogens is 3. The summed E-state index contributed by atoms with van der Waals surface area (Å²) >= 11 is 0. The Kier molecular flexibility index (Phi) is 9.03. The van der Waals surface area contributed by atoms with Crippen LogP contribution in [0.4, 0.5) is 13.2 Å². The number of methoxy groups -OCH3 is 1. The van der Waals surface area contributed by atoms with Crippen molar-refractivity contribution in [2.45, 2.75) is 19.3 Å². The predicted molar refractivity (Wildman–Crippen MR) is 110 cm³/mol. The minimum absolute atomic E-state index is 0.332. The second-order valence-electron chi connectivity index (χ2n) is 7.13. The van der Waals surface area contributed by atoms with Crippen molar-refractivity contribution in [1.82, 2.24) is 9.80 Å². The summed E-state index contributed by atoms with van der Waals surface area (Å²) in [5.74, 6) is -2.78. The molecule has 1 saturated heterocycles. The summed E-state index contributed by atoms with van der Waals surface area (Å²) in [6.07, 6.45) is -4.30. The van der Waals surface area contributed by atoms with Gasteiger partial charge in [0.05, 0.1) is 12.7 Å². The van der Waals surface area contributed by atoms with E-state index in [0.29, 0.717) is 12.1 Å². The van der Waals surface area contributed by atoms with E-state index < -0.39 is 23.7 Å². The summed E-state index contributed by atoms with van der Waals surface area (Å²) in [6, 6.07) is 13.8. The number of piperazine rings is 1. The van der Waals surface area contributed by atoms with Crippen molar-refractivity contribution in [2.75, 3.05) is 33.3 Å². The van der Waals surface area contributed by atoms with Crippen LogP contribution in [0.25, 0.3) is 0 Å². The van der Waals surface area contributed by atoms with E-state index in [2.05, 4.69) is 9.80 Å². The molecule has 1 aliphatic heterocycles. The normalized spacial score (nSPS) is 14.9. The van der Waals surface area contributed by atoms with Crippen molar-refractivity contribution in [3.8, 4) is 5.75 Å². The van der Waals surface area contributed by atoms with E-state index >= 15 is 0 Å². The van der Waals surface area contributed by atoms with Crippen molar-refractivity contribution in [2.24, 2.45) is 0 Å². The Bertz CT molecular complexity index is 900. The highest BCUT2D eigenvalue weighted by Crippen LogP contribution is 2.32. The molecule has 0 saturated carbocycles. The monoisotopic (exact) mass is 454 g/mol. The predicted octanol–water partition coefficient (Wildman–Crippen LogP) is 3.19. The lowest BCUT2D eigenvalue weighted by atomic mass is 10.1. The molecule has 1 fully saturated rings. The number of carbonyl (C=O) groups is 2. The fourth-order valence-electron chi connectivity index (χ4n) is 3.36. The third-order valence-electron chi connectivity index (χ3n) is 4.95. The molecule has 2 aromatic carbocycles. The molecule has 0 unspecified atom stereocenters. The number of rotatable bonds is 5. The minimum atomic E-state index is -4.30. The van der Waals surface area contributed by atoms with Crippen LogP contribution in [0.1, 0.15) is 16.7 Å². The quantitative estimate of drug-likeness (QED) is 0.671. The van der Waals surface area contributed by atoms with E-state index in [1.54, 1.807) is 19.2 Å². The molecule has 3 rings (SSSR count). The van der Waals surface area contributed by atoms with Crippen LogP contribution in [-0.2, 0) is 28.9 Å². The van der Waals surface area contributed by atoms with Gasteiger partial charge in [-0.3, -0.25) is 9.80 Å². The van der Waals surface area contributed by atoms with E-state index in [4.69, 9.17) is 24.5 Å². The van der Waals surface area contributed by atoms with Crippen molar-refractivity contribution in [3.63, 3.8) is 0 Å². The average Bonchev–Trinajstić information content (AvgIpc) is 2.75. The van der Waals surface area contributed by atoms with Gasteiger partial charge in [0.1, 0.15) is 5.75 Å². The third kappa shape index (κ3) is 7.54. The summed E-state index contributed by atoms with van der Waals surface area (Å²) in [5.41, 5.74) is 0.945. The molecule has 7 nitrogen and oxygen atoms in total. The van der Waals surface area contributed by atoms with Gasteiger partial charge in [0, 0.05) is 44.8 Å². The maximum absolute atomic E-state index is 13.1. The lowest BCUT2D eigenvalue weighted by Gasteiger charge is -2.35. The SMILES string of the molecule is COc1ccccc1CN1CCN(Cc2ccccc2C(F)(F)F)CC1.O=C(O)C(=O)O. The van der Waals surface area contributed by atoms with Gasteiger partial charge >= 0.3 is 18.1 Å². The molecular weight excluding hydrogens is 429 g/mol. The van der Waals surface area contributed by atoms with Gasteiger partial charge in [-0.25, -0.2) is 9.59 Å². The Hall–Kier alpha value is -3.11. The molecule has 0 aromatic heterocycles. The fraction of sp³-hybridized carbons (Fsp3) is 0.364. The lowest BCUT2D eigenvalue weighted by Crippen LogP contribution is -2.45. The lowest BCUT2D eigenvalue weighted by molar-refractivity contribution is -0.159. The summed E-state index contributed by atoms with van der Waals surface area (Å²) in [5, 5.41) is 14.8. The molecule has 10 heteroatoms. The highest BCUT2D eigenvalue weighted by Gasteiger charge is 2.33. The number of alkyl halides is 3. The zero-order valence-corrected chi connectivity index (χ0v) is 17.5. The van der Waals surface area contributed by atoms with Gasteiger partial charge in [0.15, 0.2) is 0 Å². The zero-order chi connectivity index (χ0) is 23.7. The van der Waals surface area contributed by atoms with Gasteiger partial charge in [-0.15, -0.1) is 0 Å². The van der Waals surface area contributed by atoms with Crippen molar-refractivity contribution < 1.29 is 37.7 Å². The van der Waals surface area contributed by atoms with Crippen LogP contribution < -0.4 is 4.74 Å². The van der Waals surface area contributed by atoms with Crippen LogP contribution in [0.2, 0.25) is 0 Å². The van der Waals surface area contributed by atoms with Crippen molar-refractivity contribution >= 4 is 11.9 Å². The molecule has 2 aromatic rings. The average molecular weight is 454 g/mol. The first-order valence-electron chi connectivity index (χ1n) is 9.79. The highest BCUT2D eigenvalue weighted by molar-refractivity contribution is 6.27. The first kappa shape index (κ1) is 25.2. The summed E-state index contributed by atoms with van der Waals surface area (Å²) < 4.78 is 44.8. The molecule has 0 amide bonds. The first-order chi connectivity index (χ1) is 15.1. The number of carboxylic acid groups (broad SMARTS) is 2. The number of hydrogen-bond acceptors (Lipinski definition) is 5. The number of aliphatic carboxylic acids is 2. The van der Waals surface area contributed by atoms with Gasteiger partial charge in [-0.2, -0.15) is 13.2 Å². The minimum Gasteiger partial charge on any atom is -0.496 e. The Labute approximate surface area is 183 Å². The molecule has 2 N–H and O–H groups in total. The van der Waals surface area contributed by atoms with E-state index in [-0.39, 0.29) is 0 Å². The van der Waals surface area contributed by atoms with Crippen molar-refractivity contribution in [1.29, 1.82) is 0 Å². The summed E-state index contributed by atoms with van der Waals surface area (Å²) in [4.78, 5) is 22.6. The number of carboxylic acids is 2. The van der Waals surface area contributed by atoms with Gasteiger partial charge < -0.3 is 14.9 Å². The molecule has 0 radical (unpaired) electrons. The Morgan fingerprint density at radius 2 is 1.28 bits per heavy atom.